The van der Waals surface area contributed by atoms with Crippen LogP contribution in [-0.2, 0) is 14.4 Å². The Balaban J connectivity index is 2.17. The highest BCUT2D eigenvalue weighted by molar-refractivity contribution is 6.37. The Morgan fingerprint density at radius 2 is 1.72 bits per heavy atom. The van der Waals surface area contributed by atoms with E-state index in [1.807, 2.05) is 0 Å². The molecule has 5 atom stereocenters. The molecule has 1 aromatic rings. The van der Waals surface area contributed by atoms with Crippen molar-refractivity contribution in [2.75, 3.05) is 0 Å². The molecule has 0 spiro atoms. The zero-order valence-electron chi connectivity index (χ0n) is 16.3. The molecule has 0 radical (unpaired) electrons. The minimum absolute atomic E-state index is 0.0617. The summed E-state index contributed by atoms with van der Waals surface area (Å²) in [7, 11) is 0. The van der Waals surface area contributed by atoms with Gasteiger partial charge in [0.05, 0.1) is 10.0 Å². The molecule has 0 aliphatic carbocycles. The van der Waals surface area contributed by atoms with Crippen LogP contribution in [0.2, 0.25) is 10.0 Å². The van der Waals surface area contributed by atoms with Crippen LogP contribution in [0.4, 0.5) is 0 Å². The average Bonchev–Trinajstić information content (AvgIpc) is 3.15. The first kappa shape index (κ1) is 25.6. The first-order valence-corrected chi connectivity index (χ1v) is 9.95. The zero-order chi connectivity index (χ0) is 24.4. The number of hydrogen-bond donors (Lipinski definition) is 8. The number of aromatic hydroxyl groups is 1. The van der Waals surface area contributed by atoms with Crippen LogP contribution >= 0.6 is 23.2 Å². The summed E-state index contributed by atoms with van der Waals surface area (Å²) in [5.74, 6) is -5.89. The van der Waals surface area contributed by atoms with Crippen molar-refractivity contribution in [3.05, 3.63) is 27.7 Å². The van der Waals surface area contributed by atoms with Crippen molar-refractivity contribution in [1.82, 2.24) is 10.6 Å². The molecule has 1 aliphatic heterocycles. The van der Waals surface area contributed by atoms with Crippen molar-refractivity contribution in [2.45, 2.75) is 49.0 Å². The van der Waals surface area contributed by atoms with Gasteiger partial charge in [0, 0.05) is 11.6 Å². The Hall–Kier alpha value is -2.64. The van der Waals surface area contributed by atoms with E-state index >= 15 is 0 Å². The first-order valence-electron chi connectivity index (χ1n) is 9.19. The topological polar surface area (TPSA) is 220 Å². The first-order chi connectivity index (χ1) is 14.8. The van der Waals surface area contributed by atoms with Crippen molar-refractivity contribution in [1.29, 1.82) is 0 Å². The fourth-order valence-electron chi connectivity index (χ4n) is 3.50. The number of halogens is 2. The Morgan fingerprint density at radius 3 is 2.19 bits per heavy atom. The summed E-state index contributed by atoms with van der Waals surface area (Å²) in [5, 5.41) is 52.3. The molecule has 1 amide bonds. The standard InChI is InChI=1S/C18H21Cl2N3O9/c19-8-3-6(4-9(20)12(8)24)14(26)22-10(15(27)28)5-7-1-2-18(23-7,17(31)32)13(25)11(21)16(29)30/h3-4,7,10-11,13,23-25H,1-2,5,21H2,(H,22,26)(H,27,28)(H,29,30)(H,31,32). The fourth-order valence-corrected chi connectivity index (χ4v) is 3.99. The maximum Gasteiger partial charge on any atom is 0.326 e. The van der Waals surface area contributed by atoms with Gasteiger partial charge in [-0.15, -0.1) is 0 Å². The normalized spacial score (nSPS) is 23.2. The van der Waals surface area contributed by atoms with Crippen molar-refractivity contribution in [3.8, 4) is 5.75 Å². The Labute approximate surface area is 190 Å². The Bertz CT molecular complexity index is 921. The van der Waals surface area contributed by atoms with E-state index in [4.69, 9.17) is 34.0 Å². The third kappa shape index (κ3) is 5.22. The molecule has 1 heterocycles. The molecular formula is C18H21Cl2N3O9. The number of aliphatic carboxylic acids is 3. The summed E-state index contributed by atoms with van der Waals surface area (Å²) < 4.78 is 0. The van der Waals surface area contributed by atoms with E-state index < -0.39 is 59.3 Å². The van der Waals surface area contributed by atoms with Crippen molar-refractivity contribution in [3.63, 3.8) is 0 Å². The van der Waals surface area contributed by atoms with E-state index in [0.29, 0.717) is 0 Å². The van der Waals surface area contributed by atoms with E-state index in [0.717, 1.165) is 12.1 Å². The molecule has 14 heteroatoms. The maximum atomic E-state index is 12.4. The summed E-state index contributed by atoms with van der Waals surface area (Å²) in [6, 6.07) is -2.01. The minimum Gasteiger partial charge on any atom is -0.505 e. The Kier molecular flexibility index (Phi) is 7.91. The van der Waals surface area contributed by atoms with Crippen LogP contribution in [0.5, 0.6) is 5.75 Å². The summed E-state index contributed by atoms with van der Waals surface area (Å²) in [5.41, 5.74) is 3.16. The number of phenols is 1. The molecule has 1 fully saturated rings. The zero-order valence-corrected chi connectivity index (χ0v) is 17.8. The largest absolute Gasteiger partial charge is 0.505 e. The van der Waals surface area contributed by atoms with Crippen molar-refractivity contribution in [2.24, 2.45) is 5.73 Å². The number of rotatable bonds is 9. The second-order valence-corrected chi connectivity index (χ2v) is 8.17. The van der Waals surface area contributed by atoms with Crippen LogP contribution in [0.25, 0.3) is 0 Å². The number of nitrogens with two attached hydrogens (primary N) is 1. The van der Waals surface area contributed by atoms with Gasteiger partial charge in [0.2, 0.25) is 0 Å². The average molecular weight is 494 g/mol. The smallest absolute Gasteiger partial charge is 0.326 e. The van der Waals surface area contributed by atoms with Crippen molar-refractivity contribution < 1.29 is 44.7 Å². The molecule has 5 unspecified atom stereocenters. The number of carbonyl (C=O) groups excluding carboxylic acids is 1. The van der Waals surface area contributed by atoms with Gasteiger partial charge in [-0.05, 0) is 31.4 Å². The highest BCUT2D eigenvalue weighted by atomic mass is 35.5. The van der Waals surface area contributed by atoms with Gasteiger partial charge in [-0.3, -0.25) is 19.7 Å². The number of carboxylic acids is 3. The SMILES string of the molecule is NC(C(=O)O)C(O)C1(C(=O)O)CCC(CC(NC(=O)c2cc(Cl)c(O)c(Cl)c2)C(=O)O)N1. The molecule has 0 saturated carbocycles. The van der Waals surface area contributed by atoms with Crippen LogP contribution in [0.15, 0.2) is 12.1 Å². The van der Waals surface area contributed by atoms with E-state index in [-0.39, 0.29) is 34.9 Å². The van der Waals surface area contributed by atoms with E-state index in [9.17, 15) is 39.6 Å². The highest BCUT2D eigenvalue weighted by Gasteiger charge is 2.54. The molecule has 176 valence electrons. The predicted molar refractivity (Wildman–Crippen MR) is 110 cm³/mol. The lowest BCUT2D eigenvalue weighted by atomic mass is 9.86. The van der Waals surface area contributed by atoms with Gasteiger partial charge in [-0.1, -0.05) is 23.2 Å². The van der Waals surface area contributed by atoms with Crippen LogP contribution in [-0.4, -0.2) is 79.1 Å². The van der Waals surface area contributed by atoms with E-state index in [2.05, 4.69) is 10.6 Å². The Morgan fingerprint density at radius 1 is 1.16 bits per heavy atom. The number of aliphatic hydroxyl groups is 1. The molecule has 1 aliphatic rings. The van der Waals surface area contributed by atoms with Crippen LogP contribution < -0.4 is 16.4 Å². The number of hydrogen-bond acceptors (Lipinski definition) is 8. The van der Waals surface area contributed by atoms with Gasteiger partial charge in [-0.25, -0.2) is 4.79 Å². The molecule has 12 nitrogen and oxygen atoms in total. The molecule has 32 heavy (non-hydrogen) atoms. The summed E-state index contributed by atoms with van der Waals surface area (Å²) in [6.45, 7) is 0. The van der Waals surface area contributed by atoms with Crippen molar-refractivity contribution >= 4 is 47.0 Å². The van der Waals surface area contributed by atoms with Gasteiger partial charge < -0.3 is 36.6 Å². The van der Waals surface area contributed by atoms with Gasteiger partial charge in [-0.2, -0.15) is 0 Å². The highest BCUT2D eigenvalue weighted by Crippen LogP contribution is 2.33. The molecule has 0 bridgehead atoms. The number of aliphatic hydroxyl groups excluding tert-OH is 1. The van der Waals surface area contributed by atoms with E-state index in [1.165, 1.54) is 0 Å². The minimum atomic E-state index is -2.10. The third-order valence-electron chi connectivity index (χ3n) is 5.26. The number of amides is 1. The number of carboxylic acid groups (broad SMARTS) is 3. The van der Waals surface area contributed by atoms with Gasteiger partial charge in [0.1, 0.15) is 23.7 Å². The molecule has 9 N–H and O–H groups in total. The maximum absolute atomic E-state index is 12.4. The molecule has 1 aromatic carbocycles. The summed E-state index contributed by atoms with van der Waals surface area (Å²) in [4.78, 5) is 47.0. The number of carbonyl (C=O) groups is 4. The van der Waals surface area contributed by atoms with Crippen LogP contribution in [0, 0.1) is 0 Å². The summed E-state index contributed by atoms with van der Waals surface area (Å²) in [6.07, 6.45) is -2.45. The second kappa shape index (κ2) is 9.88. The lowest BCUT2D eigenvalue weighted by Crippen LogP contribution is -2.65. The van der Waals surface area contributed by atoms with Gasteiger partial charge >= 0.3 is 17.9 Å². The van der Waals surface area contributed by atoms with Gasteiger partial charge in [0.25, 0.3) is 5.91 Å². The monoisotopic (exact) mass is 493 g/mol. The molecular weight excluding hydrogens is 473 g/mol. The molecule has 0 aromatic heterocycles. The molecule has 1 saturated heterocycles. The van der Waals surface area contributed by atoms with Crippen LogP contribution in [0.1, 0.15) is 29.6 Å². The number of nitrogens with one attached hydrogen (secondary N) is 2. The lowest BCUT2D eigenvalue weighted by Gasteiger charge is -2.33. The second-order valence-electron chi connectivity index (χ2n) is 7.35. The van der Waals surface area contributed by atoms with Gasteiger partial charge in [0.15, 0.2) is 5.75 Å². The quantitative estimate of drug-likeness (QED) is 0.221. The third-order valence-corrected chi connectivity index (χ3v) is 5.84. The van der Waals surface area contributed by atoms with Crippen LogP contribution in [0.3, 0.4) is 0 Å². The predicted octanol–water partition coefficient (Wildman–Crippen LogP) is -0.380. The van der Waals surface area contributed by atoms with E-state index in [1.54, 1.807) is 0 Å². The summed E-state index contributed by atoms with van der Waals surface area (Å²) >= 11 is 11.5. The lowest BCUT2D eigenvalue weighted by molar-refractivity contribution is -0.153. The number of benzene rings is 1. The number of phenolic OH excluding ortho intramolecular Hbond substituents is 1. The fraction of sp³-hybridized carbons (Fsp3) is 0.444. The molecule has 2 rings (SSSR count).